The number of nitrogens with zero attached hydrogens (tertiary/aromatic N) is 1. The quantitative estimate of drug-likeness (QED) is 0.728. The van der Waals surface area contributed by atoms with E-state index in [2.05, 4.69) is 5.32 Å². The molecule has 112 valence electrons. The van der Waals surface area contributed by atoms with Crippen LogP contribution in [0.5, 0.6) is 0 Å². The molecule has 5 nitrogen and oxygen atoms in total. The molecule has 0 aromatic carbocycles. The summed E-state index contributed by atoms with van der Waals surface area (Å²) in [6.45, 7) is 13.0. The van der Waals surface area contributed by atoms with Crippen molar-refractivity contribution >= 4 is 5.91 Å². The van der Waals surface area contributed by atoms with E-state index in [9.17, 15) is 4.79 Å². The number of ether oxygens (including phenoxy) is 1. The normalized spacial score (nSPS) is 13.9. The molecule has 0 bridgehead atoms. The first-order valence-corrected chi connectivity index (χ1v) is 7.11. The van der Waals surface area contributed by atoms with Gasteiger partial charge in [-0.2, -0.15) is 0 Å². The SMILES string of the molecule is CC.CC.NCCOCCC(=O)N1CCNCC1.[HH]. The van der Waals surface area contributed by atoms with E-state index in [1.807, 2.05) is 32.6 Å². The van der Waals surface area contributed by atoms with Crippen molar-refractivity contribution in [2.45, 2.75) is 34.1 Å². The molecule has 18 heavy (non-hydrogen) atoms. The summed E-state index contributed by atoms with van der Waals surface area (Å²) in [4.78, 5) is 13.4. The Hall–Kier alpha value is -0.650. The van der Waals surface area contributed by atoms with Gasteiger partial charge in [0.05, 0.1) is 19.6 Å². The highest BCUT2D eigenvalue weighted by Gasteiger charge is 2.15. The van der Waals surface area contributed by atoms with Gasteiger partial charge in [0.25, 0.3) is 0 Å². The van der Waals surface area contributed by atoms with Gasteiger partial charge in [-0.25, -0.2) is 0 Å². The second-order valence-corrected chi connectivity index (χ2v) is 3.28. The molecule has 1 rings (SSSR count). The summed E-state index contributed by atoms with van der Waals surface area (Å²) in [5.74, 6) is 0.184. The first kappa shape index (κ1) is 19.7. The van der Waals surface area contributed by atoms with E-state index in [-0.39, 0.29) is 7.33 Å². The third-order valence-corrected chi connectivity index (χ3v) is 2.19. The predicted molar refractivity (Wildman–Crippen MR) is 78.8 cm³/mol. The third kappa shape index (κ3) is 10.5. The first-order valence-electron chi connectivity index (χ1n) is 7.11. The number of piperazine rings is 1. The number of hydrogen-bond donors (Lipinski definition) is 2. The minimum absolute atomic E-state index is 0. The molecule has 1 aliphatic heterocycles. The van der Waals surface area contributed by atoms with Crippen LogP contribution in [0.1, 0.15) is 35.5 Å². The van der Waals surface area contributed by atoms with E-state index in [1.165, 1.54) is 0 Å². The highest BCUT2D eigenvalue weighted by atomic mass is 16.5. The van der Waals surface area contributed by atoms with E-state index in [1.54, 1.807) is 0 Å². The lowest BCUT2D eigenvalue weighted by atomic mass is 10.3. The maximum atomic E-state index is 11.5. The van der Waals surface area contributed by atoms with Crippen molar-refractivity contribution in [3.63, 3.8) is 0 Å². The van der Waals surface area contributed by atoms with Crippen molar-refractivity contribution in [3.8, 4) is 0 Å². The van der Waals surface area contributed by atoms with Crippen LogP contribution >= 0.6 is 0 Å². The molecule has 0 saturated carbocycles. The molecule has 1 saturated heterocycles. The lowest BCUT2D eigenvalue weighted by molar-refractivity contribution is -0.132. The second-order valence-electron chi connectivity index (χ2n) is 3.28. The van der Waals surface area contributed by atoms with Crippen molar-refractivity contribution in [2.24, 2.45) is 5.73 Å². The number of carbonyl (C=O) groups excluding carboxylic acids is 1. The van der Waals surface area contributed by atoms with Crippen LogP contribution in [-0.2, 0) is 9.53 Å². The van der Waals surface area contributed by atoms with Crippen molar-refractivity contribution in [3.05, 3.63) is 0 Å². The molecule has 1 aliphatic rings. The zero-order valence-electron chi connectivity index (χ0n) is 12.5. The highest BCUT2D eigenvalue weighted by Crippen LogP contribution is 1.97. The molecule has 1 heterocycles. The molecular formula is C13H33N3O2. The Labute approximate surface area is 114 Å². The van der Waals surface area contributed by atoms with Crippen LogP contribution in [0.2, 0.25) is 0 Å². The Kier molecular flexibility index (Phi) is 17.9. The molecule has 0 aromatic rings. The van der Waals surface area contributed by atoms with Crippen LogP contribution in [-0.4, -0.2) is 56.7 Å². The fraction of sp³-hybridized carbons (Fsp3) is 0.923. The Morgan fingerprint density at radius 2 is 1.78 bits per heavy atom. The number of rotatable bonds is 5. The summed E-state index contributed by atoms with van der Waals surface area (Å²) in [5, 5.41) is 3.20. The van der Waals surface area contributed by atoms with E-state index in [0.717, 1.165) is 26.2 Å². The van der Waals surface area contributed by atoms with Crippen LogP contribution in [0.4, 0.5) is 0 Å². The Bertz CT molecular complexity index is 177. The van der Waals surface area contributed by atoms with Crippen molar-refractivity contribution in [1.29, 1.82) is 0 Å². The summed E-state index contributed by atoms with van der Waals surface area (Å²) < 4.78 is 5.16. The van der Waals surface area contributed by atoms with Gasteiger partial charge in [0.15, 0.2) is 0 Å². The molecule has 3 N–H and O–H groups in total. The molecule has 0 spiro atoms. The summed E-state index contributed by atoms with van der Waals surface area (Å²) in [5.41, 5.74) is 5.26. The third-order valence-electron chi connectivity index (χ3n) is 2.19. The topological polar surface area (TPSA) is 67.6 Å². The Balaban J connectivity index is -0.000000467. The molecule has 0 radical (unpaired) electrons. The molecule has 0 unspecified atom stereocenters. The first-order chi connectivity index (χ1) is 8.84. The van der Waals surface area contributed by atoms with Crippen LogP contribution < -0.4 is 11.1 Å². The average Bonchev–Trinajstić information content (AvgIpc) is 2.48. The molecule has 5 heteroatoms. The predicted octanol–water partition coefficient (Wildman–Crippen LogP) is 1.08. The van der Waals surface area contributed by atoms with Gasteiger partial charge in [0, 0.05) is 34.2 Å². The number of nitrogens with two attached hydrogens (primary N) is 1. The van der Waals surface area contributed by atoms with E-state index >= 15 is 0 Å². The van der Waals surface area contributed by atoms with Crippen LogP contribution in [0.3, 0.4) is 0 Å². The van der Waals surface area contributed by atoms with Gasteiger partial charge in [0.1, 0.15) is 0 Å². The van der Waals surface area contributed by atoms with Crippen molar-refractivity contribution in [1.82, 2.24) is 10.2 Å². The number of amides is 1. The molecule has 0 atom stereocenters. The number of hydrogen-bond acceptors (Lipinski definition) is 4. The molecule has 0 aromatic heterocycles. The average molecular weight is 263 g/mol. The fourth-order valence-corrected chi connectivity index (χ4v) is 1.42. The number of nitrogens with one attached hydrogen (secondary N) is 1. The van der Waals surface area contributed by atoms with Gasteiger partial charge in [-0.3, -0.25) is 4.79 Å². The lowest BCUT2D eigenvalue weighted by Gasteiger charge is -2.27. The monoisotopic (exact) mass is 263 g/mol. The molecule has 0 aliphatic carbocycles. The summed E-state index contributed by atoms with van der Waals surface area (Å²) in [7, 11) is 0. The Morgan fingerprint density at radius 3 is 2.28 bits per heavy atom. The molecular weight excluding hydrogens is 230 g/mol. The zero-order valence-corrected chi connectivity index (χ0v) is 12.5. The van der Waals surface area contributed by atoms with Gasteiger partial charge in [-0.15, -0.1) is 0 Å². The lowest BCUT2D eigenvalue weighted by Crippen LogP contribution is -2.46. The van der Waals surface area contributed by atoms with Gasteiger partial charge < -0.3 is 20.7 Å². The second kappa shape index (κ2) is 16.4. The summed E-state index contributed by atoms with van der Waals surface area (Å²) in [6.07, 6.45) is 0.472. The summed E-state index contributed by atoms with van der Waals surface area (Å²) >= 11 is 0. The maximum absolute atomic E-state index is 11.5. The van der Waals surface area contributed by atoms with Crippen molar-refractivity contribution in [2.75, 3.05) is 45.9 Å². The van der Waals surface area contributed by atoms with Gasteiger partial charge >= 0.3 is 0 Å². The maximum Gasteiger partial charge on any atom is 0.224 e. The smallest absolute Gasteiger partial charge is 0.224 e. The number of carbonyl (C=O) groups is 1. The Morgan fingerprint density at radius 1 is 1.22 bits per heavy atom. The van der Waals surface area contributed by atoms with Crippen molar-refractivity contribution < 1.29 is 11.0 Å². The zero-order chi connectivity index (χ0) is 14.2. The largest absolute Gasteiger partial charge is 0.380 e. The van der Waals surface area contributed by atoms with Gasteiger partial charge in [-0.05, 0) is 0 Å². The van der Waals surface area contributed by atoms with Crippen LogP contribution in [0.25, 0.3) is 0 Å². The van der Waals surface area contributed by atoms with E-state index < -0.39 is 0 Å². The van der Waals surface area contributed by atoms with E-state index in [4.69, 9.17) is 10.5 Å². The van der Waals surface area contributed by atoms with Gasteiger partial charge in [0.2, 0.25) is 5.91 Å². The van der Waals surface area contributed by atoms with Crippen LogP contribution in [0, 0.1) is 0 Å². The molecule has 1 fully saturated rings. The standard InChI is InChI=1S/C9H19N3O2.2C2H6.H2/c10-2-8-14-7-1-9(13)12-5-3-11-4-6-12;2*1-2;/h11H,1-8,10H2;2*1-2H3;1H. The van der Waals surface area contributed by atoms with Gasteiger partial charge in [-0.1, -0.05) is 27.7 Å². The highest BCUT2D eigenvalue weighted by molar-refractivity contribution is 5.76. The van der Waals surface area contributed by atoms with E-state index in [0.29, 0.717) is 26.2 Å². The van der Waals surface area contributed by atoms with Crippen LogP contribution in [0.15, 0.2) is 0 Å². The fourth-order valence-electron chi connectivity index (χ4n) is 1.42. The summed E-state index contributed by atoms with van der Waals surface area (Å²) in [6, 6.07) is 0. The molecule has 1 amide bonds. The minimum Gasteiger partial charge on any atom is -0.380 e. The minimum atomic E-state index is 0.